The van der Waals surface area contributed by atoms with Crippen molar-refractivity contribution in [3.8, 4) is 0 Å². The first-order valence-electron chi connectivity index (χ1n) is 3.11. The van der Waals surface area contributed by atoms with Gasteiger partial charge >= 0.3 is 0 Å². The van der Waals surface area contributed by atoms with Gasteiger partial charge in [-0.05, 0) is 0 Å². The van der Waals surface area contributed by atoms with E-state index in [4.69, 9.17) is 4.84 Å². The summed E-state index contributed by atoms with van der Waals surface area (Å²) in [6.45, 7) is 0.604. The van der Waals surface area contributed by atoms with E-state index in [1.165, 1.54) is 0 Å². The van der Waals surface area contributed by atoms with Gasteiger partial charge in [-0.3, -0.25) is 4.40 Å². The van der Waals surface area contributed by atoms with Crippen LogP contribution in [0.5, 0.6) is 0 Å². The molecule has 50 valence electrons. The predicted octanol–water partition coefficient (Wildman–Crippen LogP) is 0.0780. The first kappa shape index (κ1) is 4.38. The number of hydrogen-bond donors (Lipinski definition) is 0. The molecule has 0 unspecified atom stereocenters. The van der Waals surface area contributed by atoms with Crippen molar-refractivity contribution in [2.75, 3.05) is 0 Å². The monoisotopic (exact) mass is 135 g/mol. The quantitative estimate of drug-likeness (QED) is 0.512. The Morgan fingerprint density at radius 1 is 1.50 bits per heavy atom. The fourth-order valence-corrected chi connectivity index (χ4v) is 1.28. The first-order chi connectivity index (χ1) is 4.95. The minimum absolute atomic E-state index is 0.604. The summed E-state index contributed by atoms with van der Waals surface area (Å²) < 4.78 is 3.69. The Kier molecular flexibility index (Phi) is 0.518. The lowest BCUT2D eigenvalue weighted by molar-refractivity contribution is 0.125. The highest BCUT2D eigenvalue weighted by atomic mass is 16.7. The zero-order chi connectivity index (χ0) is 6.55. The molecule has 4 nitrogen and oxygen atoms in total. The highest BCUT2D eigenvalue weighted by Crippen LogP contribution is 2.15. The van der Waals surface area contributed by atoms with E-state index in [0.717, 1.165) is 11.3 Å². The number of aromatic nitrogens is 3. The van der Waals surface area contributed by atoms with Crippen molar-refractivity contribution in [3.05, 3.63) is 24.4 Å². The van der Waals surface area contributed by atoms with Crippen LogP contribution in [0.15, 0.2) is 18.7 Å². The summed E-state index contributed by atoms with van der Waals surface area (Å²) >= 11 is 0. The van der Waals surface area contributed by atoms with Crippen molar-refractivity contribution < 1.29 is 4.84 Å². The van der Waals surface area contributed by atoms with E-state index in [2.05, 4.69) is 4.98 Å². The van der Waals surface area contributed by atoms with Gasteiger partial charge < -0.3 is 4.84 Å². The van der Waals surface area contributed by atoms with Gasteiger partial charge in [-0.15, -0.1) is 0 Å². The van der Waals surface area contributed by atoms with Crippen LogP contribution >= 0.6 is 0 Å². The van der Waals surface area contributed by atoms with Crippen LogP contribution in [-0.4, -0.2) is 14.1 Å². The molecule has 3 rings (SSSR count). The van der Waals surface area contributed by atoms with Crippen molar-refractivity contribution in [1.29, 1.82) is 0 Å². The fraction of sp³-hybridized carbons (Fsp3) is 0.167. The molecule has 1 aliphatic rings. The molecule has 0 saturated heterocycles. The van der Waals surface area contributed by atoms with Crippen molar-refractivity contribution in [3.63, 3.8) is 0 Å². The smallest absolute Gasteiger partial charge is 0.179 e. The summed E-state index contributed by atoms with van der Waals surface area (Å²) in [6.07, 6.45) is 5.60. The molecule has 3 heterocycles. The molecule has 0 fully saturated rings. The van der Waals surface area contributed by atoms with Crippen LogP contribution in [0.3, 0.4) is 0 Å². The summed E-state index contributed by atoms with van der Waals surface area (Å²) in [5.41, 5.74) is 2.07. The van der Waals surface area contributed by atoms with E-state index in [9.17, 15) is 0 Å². The molecule has 0 atom stereocenters. The molecule has 1 aliphatic heterocycles. The van der Waals surface area contributed by atoms with Crippen LogP contribution in [0.2, 0.25) is 0 Å². The maximum Gasteiger partial charge on any atom is 0.179 e. The van der Waals surface area contributed by atoms with Crippen LogP contribution in [0.1, 0.15) is 5.69 Å². The standard InChI is InChI=1S/C6H5N3O/c1-2-9-6-5(3-10-9)7-4-8(1)6/h1-2,4H,3H2. The summed E-state index contributed by atoms with van der Waals surface area (Å²) in [4.78, 5) is 9.37. The van der Waals surface area contributed by atoms with Gasteiger partial charge in [0.2, 0.25) is 0 Å². The van der Waals surface area contributed by atoms with E-state index >= 15 is 0 Å². The van der Waals surface area contributed by atoms with Crippen LogP contribution in [-0.2, 0) is 6.61 Å². The van der Waals surface area contributed by atoms with Crippen LogP contribution in [0.4, 0.5) is 0 Å². The lowest BCUT2D eigenvalue weighted by Gasteiger charge is -1.92. The molecule has 0 N–H and O–H groups in total. The minimum Gasteiger partial charge on any atom is -0.406 e. The second kappa shape index (κ2) is 1.18. The Morgan fingerprint density at radius 2 is 2.50 bits per heavy atom. The fourth-order valence-electron chi connectivity index (χ4n) is 1.28. The Hall–Kier alpha value is -1.45. The maximum absolute atomic E-state index is 5.23. The number of hydrogen-bond acceptors (Lipinski definition) is 2. The van der Waals surface area contributed by atoms with Crippen LogP contribution in [0.25, 0.3) is 5.65 Å². The van der Waals surface area contributed by atoms with E-state index in [-0.39, 0.29) is 0 Å². The number of imidazole rings is 2. The third-order valence-electron chi connectivity index (χ3n) is 1.75. The molecule has 2 aromatic heterocycles. The summed E-state index contributed by atoms with van der Waals surface area (Å²) in [6, 6.07) is 0. The SMILES string of the molecule is c1cn2cnc3c2n1OC3. The zero-order valence-electron chi connectivity index (χ0n) is 5.19. The molecular formula is C6H5N3O. The molecule has 0 aliphatic carbocycles. The molecule has 0 aromatic carbocycles. The molecule has 0 amide bonds. The van der Waals surface area contributed by atoms with Gasteiger partial charge in [-0.25, -0.2) is 4.98 Å². The lowest BCUT2D eigenvalue weighted by atomic mass is 10.5. The van der Waals surface area contributed by atoms with Gasteiger partial charge in [0.25, 0.3) is 0 Å². The van der Waals surface area contributed by atoms with Gasteiger partial charge in [0, 0.05) is 6.20 Å². The Bertz CT molecular complexity index is 353. The van der Waals surface area contributed by atoms with Crippen molar-refractivity contribution in [1.82, 2.24) is 14.1 Å². The van der Waals surface area contributed by atoms with Gasteiger partial charge in [0.1, 0.15) is 12.0 Å². The molecule has 10 heavy (non-hydrogen) atoms. The molecule has 0 spiro atoms. The van der Waals surface area contributed by atoms with E-state index in [0.29, 0.717) is 6.61 Å². The Morgan fingerprint density at radius 3 is 3.50 bits per heavy atom. The second-order valence-electron chi connectivity index (χ2n) is 2.32. The van der Waals surface area contributed by atoms with E-state index < -0.39 is 0 Å². The first-order valence-corrected chi connectivity index (χ1v) is 3.11. The van der Waals surface area contributed by atoms with Crippen LogP contribution in [0, 0.1) is 0 Å². The van der Waals surface area contributed by atoms with Crippen molar-refractivity contribution in [2.45, 2.75) is 6.61 Å². The normalized spacial score (nSPS) is 14.4. The third kappa shape index (κ3) is 0.309. The van der Waals surface area contributed by atoms with Gasteiger partial charge in [-0.1, -0.05) is 0 Å². The number of nitrogens with zero attached hydrogens (tertiary/aromatic N) is 3. The largest absolute Gasteiger partial charge is 0.406 e. The topological polar surface area (TPSA) is 31.5 Å². The summed E-state index contributed by atoms with van der Waals surface area (Å²) in [5, 5.41) is 0. The molecule has 0 saturated carbocycles. The Balaban J connectivity index is 2.66. The highest BCUT2D eigenvalue weighted by Gasteiger charge is 2.16. The van der Waals surface area contributed by atoms with E-state index in [1.807, 2.05) is 16.8 Å². The summed E-state index contributed by atoms with van der Waals surface area (Å²) in [5.74, 6) is 0. The minimum atomic E-state index is 0.604. The average Bonchev–Trinajstić information content (AvgIpc) is 2.56. The van der Waals surface area contributed by atoms with Crippen molar-refractivity contribution >= 4 is 5.65 Å². The molecule has 2 aromatic rings. The predicted molar refractivity (Wildman–Crippen MR) is 33.5 cm³/mol. The second-order valence-corrected chi connectivity index (χ2v) is 2.32. The van der Waals surface area contributed by atoms with Crippen LogP contribution < -0.4 is 4.84 Å². The van der Waals surface area contributed by atoms with E-state index in [1.54, 1.807) is 11.1 Å². The maximum atomic E-state index is 5.23. The summed E-state index contributed by atoms with van der Waals surface area (Å²) in [7, 11) is 0. The number of rotatable bonds is 0. The zero-order valence-corrected chi connectivity index (χ0v) is 5.19. The van der Waals surface area contributed by atoms with Gasteiger partial charge in [0.15, 0.2) is 12.3 Å². The molecule has 0 bridgehead atoms. The molecule has 4 heteroatoms. The third-order valence-corrected chi connectivity index (χ3v) is 1.75. The Labute approximate surface area is 56.6 Å². The van der Waals surface area contributed by atoms with Crippen molar-refractivity contribution in [2.24, 2.45) is 0 Å². The van der Waals surface area contributed by atoms with Gasteiger partial charge in [0.05, 0.1) is 6.20 Å². The lowest BCUT2D eigenvalue weighted by Crippen LogP contribution is -2.00. The van der Waals surface area contributed by atoms with Gasteiger partial charge in [-0.2, -0.15) is 4.73 Å². The highest BCUT2D eigenvalue weighted by molar-refractivity contribution is 5.46. The average molecular weight is 135 g/mol. The molecular weight excluding hydrogens is 130 g/mol. The molecule has 0 radical (unpaired) electrons.